The Morgan fingerprint density at radius 3 is 2.32 bits per heavy atom. The molecule has 2 aromatic carbocycles. The molecule has 0 atom stereocenters. The highest BCUT2D eigenvalue weighted by Crippen LogP contribution is 2.28. The number of benzene rings is 2. The molecule has 0 bridgehead atoms. The monoisotopic (exact) mass is 257 g/mol. The van der Waals surface area contributed by atoms with Crippen LogP contribution in [0.5, 0.6) is 5.75 Å². The predicted octanol–water partition coefficient (Wildman–Crippen LogP) is 3.17. The van der Waals surface area contributed by atoms with Crippen molar-refractivity contribution in [3.63, 3.8) is 0 Å². The highest BCUT2D eigenvalue weighted by molar-refractivity contribution is 6.01. The molecule has 0 aliphatic rings. The summed E-state index contributed by atoms with van der Waals surface area (Å²) in [6.07, 6.45) is 0. The van der Waals surface area contributed by atoms with Crippen molar-refractivity contribution < 1.29 is 14.8 Å². The molecule has 2 rings (SSSR count). The first-order chi connectivity index (χ1) is 8.99. The fourth-order valence-electron chi connectivity index (χ4n) is 1.83. The fourth-order valence-corrected chi connectivity index (χ4v) is 1.83. The van der Waals surface area contributed by atoms with Crippen molar-refractivity contribution >= 4 is 11.5 Å². The molecule has 0 aliphatic carbocycles. The largest absolute Gasteiger partial charge is 0.508 e. The summed E-state index contributed by atoms with van der Waals surface area (Å²) >= 11 is 0. The average Bonchev–Trinajstić information content (AvgIpc) is 2.38. The molecule has 0 spiro atoms. The van der Waals surface area contributed by atoms with E-state index in [0.29, 0.717) is 11.1 Å². The molecule has 5 heteroatoms. The normalized spacial score (nSPS) is 10.2. The quantitative estimate of drug-likeness (QED) is 0.520. The molecular formula is C14H11NO4. The maximum atomic E-state index is 11.6. The third kappa shape index (κ3) is 2.60. The molecule has 0 fully saturated rings. The Morgan fingerprint density at radius 1 is 1.16 bits per heavy atom. The number of ketones is 1. The van der Waals surface area contributed by atoms with E-state index in [2.05, 4.69) is 0 Å². The first-order valence-electron chi connectivity index (χ1n) is 5.58. The number of nitro benzene ring substituents is 1. The summed E-state index contributed by atoms with van der Waals surface area (Å²) in [7, 11) is 0. The van der Waals surface area contributed by atoms with E-state index < -0.39 is 4.92 Å². The van der Waals surface area contributed by atoms with E-state index in [1.54, 1.807) is 18.2 Å². The molecule has 0 heterocycles. The van der Waals surface area contributed by atoms with Crippen molar-refractivity contribution in [1.29, 1.82) is 0 Å². The number of hydrogen-bond donors (Lipinski definition) is 1. The van der Waals surface area contributed by atoms with Crippen LogP contribution >= 0.6 is 0 Å². The van der Waals surface area contributed by atoms with Crippen LogP contribution in [0.15, 0.2) is 42.5 Å². The number of nitro groups is 1. The van der Waals surface area contributed by atoms with Gasteiger partial charge in [-0.1, -0.05) is 12.1 Å². The summed E-state index contributed by atoms with van der Waals surface area (Å²) in [6, 6.07) is 10.5. The maximum Gasteiger partial charge on any atom is 0.270 e. The standard InChI is InChI=1S/C14H11NO4/c1-9(16)14-8-11(15(18)19)4-7-13(14)10-2-5-12(17)6-3-10/h2-8,17H,1H3. The topological polar surface area (TPSA) is 80.4 Å². The van der Waals surface area contributed by atoms with Gasteiger partial charge in [0.1, 0.15) is 5.75 Å². The molecule has 5 nitrogen and oxygen atoms in total. The summed E-state index contributed by atoms with van der Waals surface area (Å²) in [5.41, 5.74) is 1.50. The van der Waals surface area contributed by atoms with E-state index >= 15 is 0 Å². The number of non-ortho nitro benzene ring substituents is 1. The number of hydrogen-bond acceptors (Lipinski definition) is 4. The molecule has 0 amide bonds. The van der Waals surface area contributed by atoms with Crippen molar-refractivity contribution in [3.8, 4) is 16.9 Å². The highest BCUT2D eigenvalue weighted by atomic mass is 16.6. The number of carbonyl (C=O) groups is 1. The third-order valence-electron chi connectivity index (χ3n) is 2.77. The summed E-state index contributed by atoms with van der Waals surface area (Å²) in [5, 5.41) is 20.0. The van der Waals surface area contributed by atoms with Crippen LogP contribution in [0.4, 0.5) is 5.69 Å². The molecule has 0 saturated carbocycles. The van der Waals surface area contributed by atoms with Crippen molar-refractivity contribution in [1.82, 2.24) is 0 Å². The molecule has 0 aromatic heterocycles. The van der Waals surface area contributed by atoms with Crippen LogP contribution in [0.2, 0.25) is 0 Å². The molecule has 0 aliphatic heterocycles. The van der Waals surface area contributed by atoms with Crippen molar-refractivity contribution in [3.05, 3.63) is 58.1 Å². The molecule has 1 N–H and O–H groups in total. The molecule has 0 unspecified atom stereocenters. The molecule has 2 aromatic rings. The number of phenols is 1. The number of phenolic OH excluding ortho intramolecular Hbond substituents is 1. The predicted molar refractivity (Wildman–Crippen MR) is 70.2 cm³/mol. The number of rotatable bonds is 3. The summed E-state index contributed by atoms with van der Waals surface area (Å²) < 4.78 is 0. The van der Waals surface area contributed by atoms with Gasteiger partial charge in [0.25, 0.3) is 5.69 Å². The molecule has 0 radical (unpaired) electrons. The van der Waals surface area contributed by atoms with Crippen molar-refractivity contribution in [2.24, 2.45) is 0 Å². The van der Waals surface area contributed by atoms with E-state index in [-0.39, 0.29) is 17.2 Å². The average molecular weight is 257 g/mol. The van der Waals surface area contributed by atoms with Crippen molar-refractivity contribution in [2.75, 3.05) is 0 Å². The number of nitrogens with zero attached hydrogens (tertiary/aromatic N) is 1. The van der Waals surface area contributed by atoms with Gasteiger partial charge in [-0.3, -0.25) is 14.9 Å². The lowest BCUT2D eigenvalue weighted by molar-refractivity contribution is -0.384. The van der Waals surface area contributed by atoms with E-state index in [1.807, 2.05) is 0 Å². The number of carbonyl (C=O) groups excluding carboxylic acids is 1. The summed E-state index contributed by atoms with van der Waals surface area (Å²) in [4.78, 5) is 21.8. The van der Waals surface area contributed by atoms with Gasteiger partial charge in [0.2, 0.25) is 0 Å². The Balaban J connectivity index is 2.59. The maximum absolute atomic E-state index is 11.6. The van der Waals surface area contributed by atoms with Gasteiger partial charge >= 0.3 is 0 Å². The first kappa shape index (κ1) is 12.8. The van der Waals surface area contributed by atoms with Crippen LogP contribution in [0.1, 0.15) is 17.3 Å². The molecule has 96 valence electrons. The summed E-state index contributed by atoms with van der Waals surface area (Å²) in [5.74, 6) is -0.123. The zero-order valence-electron chi connectivity index (χ0n) is 10.2. The second-order valence-corrected chi connectivity index (χ2v) is 4.09. The van der Waals surface area contributed by atoms with Crippen LogP contribution in [0.3, 0.4) is 0 Å². The van der Waals surface area contributed by atoms with Gasteiger partial charge in [0, 0.05) is 17.7 Å². The van der Waals surface area contributed by atoms with Gasteiger partial charge < -0.3 is 5.11 Å². The smallest absolute Gasteiger partial charge is 0.270 e. The van der Waals surface area contributed by atoms with Gasteiger partial charge in [0.15, 0.2) is 5.78 Å². The van der Waals surface area contributed by atoms with Gasteiger partial charge in [-0.05, 0) is 36.2 Å². The lowest BCUT2D eigenvalue weighted by atomic mass is 9.97. The minimum Gasteiger partial charge on any atom is -0.508 e. The lowest BCUT2D eigenvalue weighted by Crippen LogP contribution is -1.98. The molecule has 0 saturated heterocycles. The van der Waals surface area contributed by atoms with Crippen LogP contribution in [-0.4, -0.2) is 15.8 Å². The van der Waals surface area contributed by atoms with Crippen molar-refractivity contribution in [2.45, 2.75) is 6.92 Å². The second-order valence-electron chi connectivity index (χ2n) is 4.09. The third-order valence-corrected chi connectivity index (χ3v) is 2.77. The Labute approximate surface area is 109 Å². The van der Waals surface area contributed by atoms with E-state index in [4.69, 9.17) is 0 Å². The number of aromatic hydroxyl groups is 1. The van der Waals surface area contributed by atoms with Crippen LogP contribution in [0.25, 0.3) is 11.1 Å². The van der Waals surface area contributed by atoms with Gasteiger partial charge in [-0.15, -0.1) is 0 Å². The lowest BCUT2D eigenvalue weighted by Gasteiger charge is -2.07. The minimum absolute atomic E-state index is 0.118. The van der Waals surface area contributed by atoms with E-state index in [1.165, 1.54) is 31.2 Å². The fraction of sp³-hybridized carbons (Fsp3) is 0.0714. The van der Waals surface area contributed by atoms with Gasteiger partial charge in [-0.2, -0.15) is 0 Å². The Hall–Kier alpha value is -2.69. The van der Waals surface area contributed by atoms with Crippen LogP contribution < -0.4 is 0 Å². The van der Waals surface area contributed by atoms with Gasteiger partial charge in [-0.25, -0.2) is 0 Å². The first-order valence-corrected chi connectivity index (χ1v) is 5.58. The van der Waals surface area contributed by atoms with Gasteiger partial charge in [0.05, 0.1) is 4.92 Å². The molecule has 19 heavy (non-hydrogen) atoms. The SMILES string of the molecule is CC(=O)c1cc([N+](=O)[O-])ccc1-c1ccc(O)cc1. The van der Waals surface area contributed by atoms with E-state index in [9.17, 15) is 20.0 Å². The highest BCUT2D eigenvalue weighted by Gasteiger charge is 2.14. The van der Waals surface area contributed by atoms with Crippen LogP contribution in [0, 0.1) is 10.1 Å². The Kier molecular flexibility index (Phi) is 3.29. The molecular weight excluding hydrogens is 246 g/mol. The van der Waals surface area contributed by atoms with E-state index in [0.717, 1.165) is 5.56 Å². The van der Waals surface area contributed by atoms with Crippen LogP contribution in [-0.2, 0) is 0 Å². The second kappa shape index (κ2) is 4.89. The zero-order valence-corrected chi connectivity index (χ0v) is 10.2. The Morgan fingerprint density at radius 2 is 1.79 bits per heavy atom. The summed E-state index contributed by atoms with van der Waals surface area (Å²) in [6.45, 7) is 1.36. The minimum atomic E-state index is -0.535. The zero-order chi connectivity index (χ0) is 14.0. The Bertz CT molecular complexity index is 647. The number of Topliss-reactive ketones (excluding diaryl/α,β-unsaturated/α-hetero) is 1.